The van der Waals surface area contributed by atoms with Crippen LogP contribution in [0.2, 0.25) is 0 Å². The van der Waals surface area contributed by atoms with Crippen LogP contribution in [0.25, 0.3) is 0 Å². The molecule has 3 rings (SSSR count). The molecule has 1 aromatic heterocycles. The minimum Gasteiger partial charge on any atom is -0.486 e. The maximum Gasteiger partial charge on any atom is 0.287 e. The smallest absolute Gasteiger partial charge is 0.287 e. The van der Waals surface area contributed by atoms with Crippen LogP contribution < -0.4 is 10.1 Å². The molecule has 1 amide bonds. The molecule has 1 fully saturated rings. The van der Waals surface area contributed by atoms with Gasteiger partial charge in [-0.25, -0.2) is 0 Å². The van der Waals surface area contributed by atoms with E-state index in [9.17, 15) is 4.79 Å². The Bertz CT molecular complexity index is 782. The quantitative estimate of drug-likeness (QED) is 0.839. The second-order valence-corrected chi connectivity index (χ2v) is 6.80. The van der Waals surface area contributed by atoms with E-state index in [1.54, 1.807) is 42.1 Å². The minimum atomic E-state index is -0.304. The SMILES string of the molecule is CSCc1ccc(C(=O)N[C@@H]2CCOC[C@H]2Oc2ccc(C#N)cc2)o1. The van der Waals surface area contributed by atoms with Crippen LogP contribution in [0.1, 0.15) is 28.3 Å². The Labute approximate surface area is 156 Å². The fourth-order valence-corrected chi connectivity index (χ4v) is 3.17. The van der Waals surface area contributed by atoms with Crippen molar-refractivity contribution in [2.45, 2.75) is 24.3 Å². The van der Waals surface area contributed by atoms with Crippen molar-refractivity contribution < 1.29 is 18.7 Å². The average Bonchev–Trinajstić information content (AvgIpc) is 3.13. The summed E-state index contributed by atoms with van der Waals surface area (Å²) in [5.41, 5.74) is 0.570. The minimum absolute atomic E-state index is 0.180. The van der Waals surface area contributed by atoms with E-state index < -0.39 is 0 Å². The number of thioether (sulfide) groups is 1. The summed E-state index contributed by atoms with van der Waals surface area (Å²) < 4.78 is 17.0. The number of nitrogens with zero attached hydrogens (tertiary/aromatic N) is 1. The number of ether oxygens (including phenoxy) is 2. The van der Waals surface area contributed by atoms with Gasteiger partial charge >= 0.3 is 0 Å². The monoisotopic (exact) mass is 372 g/mol. The Morgan fingerprint density at radius 3 is 2.88 bits per heavy atom. The lowest BCUT2D eigenvalue weighted by Crippen LogP contribution is -2.51. The molecule has 0 spiro atoms. The highest BCUT2D eigenvalue weighted by Crippen LogP contribution is 2.19. The summed E-state index contributed by atoms with van der Waals surface area (Å²) in [7, 11) is 0. The third-order valence-corrected chi connectivity index (χ3v) is 4.64. The molecule has 0 saturated carbocycles. The van der Waals surface area contributed by atoms with Crippen LogP contribution in [0.15, 0.2) is 40.8 Å². The second-order valence-electron chi connectivity index (χ2n) is 5.94. The Morgan fingerprint density at radius 2 is 2.15 bits per heavy atom. The molecule has 0 radical (unpaired) electrons. The van der Waals surface area contributed by atoms with Gasteiger partial charge in [-0.2, -0.15) is 17.0 Å². The predicted molar refractivity (Wildman–Crippen MR) is 98.2 cm³/mol. The summed E-state index contributed by atoms with van der Waals surface area (Å²) in [6.45, 7) is 0.953. The van der Waals surface area contributed by atoms with E-state index in [1.807, 2.05) is 12.3 Å². The number of carbonyl (C=O) groups excluding carboxylic acids is 1. The summed E-state index contributed by atoms with van der Waals surface area (Å²) in [5.74, 6) is 2.20. The first kappa shape index (κ1) is 18.4. The van der Waals surface area contributed by atoms with Crippen molar-refractivity contribution in [3.8, 4) is 11.8 Å². The second kappa shape index (κ2) is 8.79. The number of furan rings is 1. The van der Waals surface area contributed by atoms with Crippen LogP contribution in [0.3, 0.4) is 0 Å². The van der Waals surface area contributed by atoms with Gasteiger partial charge in [0.1, 0.15) is 17.6 Å². The van der Waals surface area contributed by atoms with Gasteiger partial charge in [0.25, 0.3) is 5.91 Å². The Balaban J connectivity index is 1.64. The molecule has 2 heterocycles. The van der Waals surface area contributed by atoms with E-state index in [4.69, 9.17) is 19.2 Å². The van der Waals surface area contributed by atoms with Crippen molar-refractivity contribution in [1.82, 2.24) is 5.32 Å². The summed E-state index contributed by atoms with van der Waals surface area (Å²) in [6, 6.07) is 12.3. The zero-order valence-electron chi connectivity index (χ0n) is 14.4. The first-order valence-electron chi connectivity index (χ1n) is 8.32. The van der Waals surface area contributed by atoms with Gasteiger partial charge in [0.2, 0.25) is 0 Å². The normalized spacial score (nSPS) is 19.5. The molecule has 0 unspecified atom stereocenters. The summed E-state index contributed by atoms with van der Waals surface area (Å²) in [6.07, 6.45) is 2.33. The topological polar surface area (TPSA) is 84.5 Å². The van der Waals surface area contributed by atoms with Crippen LogP contribution >= 0.6 is 11.8 Å². The number of carbonyl (C=O) groups is 1. The zero-order chi connectivity index (χ0) is 18.4. The van der Waals surface area contributed by atoms with Crippen molar-refractivity contribution in [2.75, 3.05) is 19.5 Å². The molecule has 0 aliphatic carbocycles. The average molecular weight is 372 g/mol. The standard InChI is InChI=1S/C19H20N2O4S/c1-26-12-15-6-7-17(25-15)19(22)21-16-8-9-23-11-18(16)24-14-4-2-13(10-20)3-5-14/h2-7,16,18H,8-9,11-12H2,1H3,(H,21,22)/t16-,18-/m1/s1. The van der Waals surface area contributed by atoms with Crippen molar-refractivity contribution >= 4 is 17.7 Å². The molecule has 1 N–H and O–H groups in total. The van der Waals surface area contributed by atoms with E-state index in [-0.39, 0.29) is 18.1 Å². The highest BCUT2D eigenvalue weighted by atomic mass is 32.2. The lowest BCUT2D eigenvalue weighted by molar-refractivity contribution is -0.0137. The fraction of sp³-hybridized carbons (Fsp3) is 0.368. The van der Waals surface area contributed by atoms with E-state index in [0.717, 1.165) is 11.5 Å². The van der Waals surface area contributed by atoms with E-state index in [0.29, 0.717) is 36.7 Å². The molecule has 6 nitrogen and oxygen atoms in total. The van der Waals surface area contributed by atoms with Crippen LogP contribution in [0.5, 0.6) is 5.75 Å². The Kier molecular flexibility index (Phi) is 6.21. The molecular formula is C19H20N2O4S. The molecule has 1 aromatic carbocycles. The highest BCUT2D eigenvalue weighted by molar-refractivity contribution is 7.97. The molecule has 2 aromatic rings. The molecule has 1 aliphatic heterocycles. The number of rotatable bonds is 6. The molecule has 2 atom stereocenters. The third-order valence-electron chi connectivity index (χ3n) is 4.06. The van der Waals surface area contributed by atoms with E-state index in [2.05, 4.69) is 11.4 Å². The maximum absolute atomic E-state index is 12.5. The largest absolute Gasteiger partial charge is 0.486 e. The number of nitriles is 1. The number of amides is 1. The van der Waals surface area contributed by atoms with Gasteiger partial charge in [0, 0.05) is 6.61 Å². The van der Waals surface area contributed by atoms with E-state index in [1.165, 1.54) is 0 Å². The van der Waals surface area contributed by atoms with Gasteiger partial charge in [-0.1, -0.05) is 0 Å². The van der Waals surface area contributed by atoms with Crippen LogP contribution in [-0.4, -0.2) is 37.5 Å². The van der Waals surface area contributed by atoms with Gasteiger partial charge in [0.05, 0.1) is 30.0 Å². The van der Waals surface area contributed by atoms with Crippen LogP contribution in [0, 0.1) is 11.3 Å². The first-order chi connectivity index (χ1) is 12.7. The Hall–Kier alpha value is -2.43. The van der Waals surface area contributed by atoms with Gasteiger partial charge < -0.3 is 19.2 Å². The first-order valence-corrected chi connectivity index (χ1v) is 9.72. The number of nitrogens with one attached hydrogen (secondary N) is 1. The van der Waals surface area contributed by atoms with Gasteiger partial charge in [-0.3, -0.25) is 4.79 Å². The Morgan fingerprint density at radius 1 is 1.35 bits per heavy atom. The maximum atomic E-state index is 12.5. The van der Waals surface area contributed by atoms with Crippen molar-refractivity contribution in [2.24, 2.45) is 0 Å². The highest BCUT2D eigenvalue weighted by Gasteiger charge is 2.30. The molecule has 1 saturated heterocycles. The fourth-order valence-electron chi connectivity index (χ4n) is 2.74. The molecule has 0 bridgehead atoms. The van der Waals surface area contributed by atoms with Crippen molar-refractivity contribution in [1.29, 1.82) is 5.26 Å². The summed E-state index contributed by atoms with van der Waals surface area (Å²) in [5, 5.41) is 11.9. The lowest BCUT2D eigenvalue weighted by atomic mass is 10.1. The molecule has 26 heavy (non-hydrogen) atoms. The zero-order valence-corrected chi connectivity index (χ0v) is 15.3. The lowest BCUT2D eigenvalue weighted by Gasteiger charge is -2.32. The molecule has 7 heteroatoms. The molecular weight excluding hydrogens is 352 g/mol. The van der Waals surface area contributed by atoms with Crippen molar-refractivity contribution in [3.05, 3.63) is 53.5 Å². The van der Waals surface area contributed by atoms with E-state index >= 15 is 0 Å². The van der Waals surface area contributed by atoms with Crippen LogP contribution in [0.4, 0.5) is 0 Å². The van der Waals surface area contributed by atoms with Gasteiger partial charge in [-0.05, 0) is 49.1 Å². The number of benzene rings is 1. The predicted octanol–water partition coefficient (Wildman–Crippen LogP) is 2.98. The molecule has 136 valence electrons. The van der Waals surface area contributed by atoms with Crippen molar-refractivity contribution in [3.63, 3.8) is 0 Å². The number of hydrogen-bond donors (Lipinski definition) is 1. The third kappa shape index (κ3) is 4.59. The summed E-state index contributed by atoms with van der Waals surface area (Å²) >= 11 is 1.64. The van der Waals surface area contributed by atoms with Gasteiger partial charge in [-0.15, -0.1) is 0 Å². The van der Waals surface area contributed by atoms with Crippen LogP contribution in [-0.2, 0) is 10.5 Å². The summed E-state index contributed by atoms with van der Waals surface area (Å²) in [4.78, 5) is 12.5. The van der Waals surface area contributed by atoms with Gasteiger partial charge in [0.15, 0.2) is 5.76 Å². The number of hydrogen-bond acceptors (Lipinski definition) is 6. The molecule has 1 aliphatic rings.